The first-order valence-corrected chi connectivity index (χ1v) is 7.13. The second-order valence-electron chi connectivity index (χ2n) is 5.26. The molecular weight excluding hydrogens is 256 g/mol. The molecule has 0 bridgehead atoms. The number of hydrogen-bond donors (Lipinski definition) is 0. The number of alkyl halides is 1. The Morgan fingerprint density at radius 2 is 1.84 bits per heavy atom. The van der Waals surface area contributed by atoms with Gasteiger partial charge in [-0.3, -0.25) is 0 Å². The molecule has 1 aromatic heterocycles. The maximum atomic E-state index is 6.11. The predicted octanol–water partition coefficient (Wildman–Crippen LogP) is 3.97. The van der Waals surface area contributed by atoms with E-state index in [-0.39, 0.29) is 5.38 Å². The monoisotopic (exact) mass is 272 g/mol. The van der Waals surface area contributed by atoms with Gasteiger partial charge >= 0.3 is 0 Å². The van der Waals surface area contributed by atoms with Gasteiger partial charge in [-0.25, -0.2) is 9.97 Å². The van der Waals surface area contributed by atoms with Gasteiger partial charge in [0.1, 0.15) is 5.82 Å². The lowest BCUT2D eigenvalue weighted by molar-refractivity contribution is 0.673. The van der Waals surface area contributed by atoms with Gasteiger partial charge in [-0.15, -0.1) is 11.6 Å². The van der Waals surface area contributed by atoms with E-state index in [1.165, 1.54) is 11.1 Å². The van der Waals surface area contributed by atoms with Crippen molar-refractivity contribution in [1.29, 1.82) is 0 Å². The zero-order valence-electron chi connectivity index (χ0n) is 11.2. The average Bonchev–Trinajstić information content (AvgIpc) is 2.81. The maximum absolute atomic E-state index is 6.11. The molecule has 0 radical (unpaired) electrons. The molecule has 0 saturated heterocycles. The molecule has 0 spiro atoms. The second-order valence-corrected chi connectivity index (χ2v) is 5.91. The summed E-state index contributed by atoms with van der Waals surface area (Å²) in [7, 11) is 0. The predicted molar refractivity (Wildman–Crippen MR) is 77.6 cm³/mol. The largest absolute Gasteiger partial charge is 0.241 e. The van der Waals surface area contributed by atoms with Gasteiger partial charge in [0.2, 0.25) is 0 Å². The van der Waals surface area contributed by atoms with Crippen molar-refractivity contribution in [2.24, 2.45) is 0 Å². The third-order valence-electron chi connectivity index (χ3n) is 3.88. The van der Waals surface area contributed by atoms with Gasteiger partial charge in [-0.2, -0.15) is 0 Å². The molecule has 0 N–H and O–H groups in total. The van der Waals surface area contributed by atoms with E-state index in [0.717, 1.165) is 29.9 Å². The minimum atomic E-state index is -0.0326. The number of aromatic nitrogens is 2. The Balaban J connectivity index is 1.88. The molecule has 0 fully saturated rings. The van der Waals surface area contributed by atoms with Gasteiger partial charge in [0.15, 0.2) is 0 Å². The van der Waals surface area contributed by atoms with Crippen molar-refractivity contribution in [3.63, 3.8) is 0 Å². The first kappa shape index (κ1) is 12.6. The summed E-state index contributed by atoms with van der Waals surface area (Å²) in [6.45, 7) is 3.97. The summed E-state index contributed by atoms with van der Waals surface area (Å²) >= 11 is 6.11. The summed E-state index contributed by atoms with van der Waals surface area (Å²) in [6.07, 6.45) is 3.98. The molecule has 1 atom stereocenters. The lowest BCUT2D eigenvalue weighted by Crippen LogP contribution is -2.07. The van der Waals surface area contributed by atoms with Crippen molar-refractivity contribution in [2.45, 2.75) is 38.0 Å². The Bertz CT molecular complexity index is 582. The van der Waals surface area contributed by atoms with Crippen LogP contribution in [0.5, 0.6) is 0 Å². The number of nitrogens with zero attached hydrogens (tertiary/aromatic N) is 2. The van der Waals surface area contributed by atoms with Crippen LogP contribution in [0.4, 0.5) is 0 Å². The van der Waals surface area contributed by atoms with E-state index in [1.54, 1.807) is 0 Å². The maximum Gasteiger partial charge on any atom is 0.132 e. The van der Waals surface area contributed by atoms with E-state index in [0.29, 0.717) is 5.92 Å². The Morgan fingerprint density at radius 3 is 2.37 bits per heavy atom. The van der Waals surface area contributed by atoms with Crippen molar-refractivity contribution in [1.82, 2.24) is 9.97 Å². The molecule has 1 aromatic carbocycles. The molecule has 3 rings (SSSR count). The van der Waals surface area contributed by atoms with E-state index < -0.39 is 0 Å². The van der Waals surface area contributed by atoms with E-state index in [1.807, 2.05) is 20.0 Å². The summed E-state index contributed by atoms with van der Waals surface area (Å²) in [4.78, 5) is 9.19. The third-order valence-corrected chi connectivity index (χ3v) is 4.12. The van der Waals surface area contributed by atoms with E-state index in [9.17, 15) is 0 Å². The average molecular weight is 273 g/mol. The van der Waals surface area contributed by atoms with Gasteiger partial charge in [0.25, 0.3) is 0 Å². The van der Waals surface area contributed by atoms with Gasteiger partial charge in [-0.1, -0.05) is 24.3 Å². The van der Waals surface area contributed by atoms with Gasteiger partial charge in [-0.05, 0) is 37.8 Å². The third kappa shape index (κ3) is 2.37. The summed E-state index contributed by atoms with van der Waals surface area (Å²) < 4.78 is 0. The second kappa shape index (κ2) is 4.93. The van der Waals surface area contributed by atoms with Crippen molar-refractivity contribution < 1.29 is 0 Å². The van der Waals surface area contributed by atoms with Crippen LogP contribution in [0.1, 0.15) is 46.4 Å². The Hall–Kier alpha value is -1.41. The highest BCUT2D eigenvalue weighted by Gasteiger charge is 2.25. The highest BCUT2D eigenvalue weighted by molar-refractivity contribution is 6.20. The molecule has 1 aliphatic carbocycles. The SMILES string of the molecule is Cc1nc(C2Cc3ccccc3C2)ncc1C(C)Cl. The van der Waals surface area contributed by atoms with Crippen LogP contribution in [0.15, 0.2) is 30.5 Å². The molecule has 0 aliphatic heterocycles. The number of rotatable bonds is 2. The van der Waals surface area contributed by atoms with Gasteiger partial charge in [0.05, 0.1) is 5.38 Å². The summed E-state index contributed by atoms with van der Waals surface area (Å²) in [5.41, 5.74) is 4.90. The van der Waals surface area contributed by atoms with Crippen molar-refractivity contribution in [3.8, 4) is 0 Å². The Labute approximate surface area is 118 Å². The van der Waals surface area contributed by atoms with Crippen LogP contribution in [-0.4, -0.2) is 9.97 Å². The summed E-state index contributed by atoms with van der Waals surface area (Å²) in [6, 6.07) is 8.62. The first-order valence-electron chi connectivity index (χ1n) is 6.69. The smallest absolute Gasteiger partial charge is 0.132 e. The standard InChI is InChI=1S/C16H17ClN2/c1-10(17)15-9-18-16(19-11(15)2)14-7-12-5-3-4-6-13(12)8-14/h3-6,9-10,14H,7-8H2,1-2H3. The Kier molecular flexibility index (Phi) is 3.28. The zero-order valence-corrected chi connectivity index (χ0v) is 12.0. The van der Waals surface area contributed by atoms with Crippen LogP contribution in [0, 0.1) is 6.92 Å². The molecule has 98 valence electrons. The van der Waals surface area contributed by atoms with Crippen LogP contribution >= 0.6 is 11.6 Å². The number of aryl methyl sites for hydroxylation is 1. The molecule has 0 amide bonds. The molecule has 1 heterocycles. The normalized spacial score (nSPS) is 16.4. The highest BCUT2D eigenvalue weighted by atomic mass is 35.5. The van der Waals surface area contributed by atoms with Gasteiger partial charge in [0, 0.05) is 23.4 Å². The molecule has 1 aliphatic rings. The number of fused-ring (bicyclic) bond motifs is 1. The van der Waals surface area contributed by atoms with Crippen LogP contribution in [0.2, 0.25) is 0 Å². The molecule has 2 nitrogen and oxygen atoms in total. The highest BCUT2D eigenvalue weighted by Crippen LogP contribution is 2.32. The van der Waals surface area contributed by atoms with Gasteiger partial charge < -0.3 is 0 Å². The fourth-order valence-electron chi connectivity index (χ4n) is 2.82. The molecule has 0 saturated carbocycles. The van der Waals surface area contributed by atoms with Crippen LogP contribution in [0.25, 0.3) is 0 Å². The number of benzene rings is 1. The molecule has 3 heteroatoms. The molecule has 19 heavy (non-hydrogen) atoms. The fraction of sp³-hybridized carbons (Fsp3) is 0.375. The van der Waals surface area contributed by atoms with Crippen molar-refractivity contribution in [3.05, 3.63) is 58.7 Å². The molecule has 2 aromatic rings. The minimum Gasteiger partial charge on any atom is -0.241 e. The zero-order chi connectivity index (χ0) is 13.4. The summed E-state index contributed by atoms with van der Waals surface area (Å²) in [5, 5.41) is -0.0326. The van der Waals surface area contributed by atoms with Crippen LogP contribution in [-0.2, 0) is 12.8 Å². The lowest BCUT2D eigenvalue weighted by atomic mass is 10.0. The minimum absolute atomic E-state index is 0.0326. The van der Waals surface area contributed by atoms with E-state index in [2.05, 4.69) is 34.2 Å². The van der Waals surface area contributed by atoms with E-state index >= 15 is 0 Å². The molecule has 1 unspecified atom stereocenters. The quantitative estimate of drug-likeness (QED) is 0.773. The topological polar surface area (TPSA) is 25.8 Å². The number of hydrogen-bond acceptors (Lipinski definition) is 2. The van der Waals surface area contributed by atoms with Crippen molar-refractivity contribution >= 4 is 11.6 Å². The summed E-state index contributed by atoms with van der Waals surface area (Å²) in [5.74, 6) is 1.37. The van der Waals surface area contributed by atoms with Crippen molar-refractivity contribution in [2.75, 3.05) is 0 Å². The Morgan fingerprint density at radius 1 is 1.21 bits per heavy atom. The first-order chi connectivity index (χ1) is 9.15. The van der Waals surface area contributed by atoms with E-state index in [4.69, 9.17) is 11.6 Å². The van der Waals surface area contributed by atoms with Crippen LogP contribution in [0.3, 0.4) is 0 Å². The lowest BCUT2D eigenvalue weighted by Gasteiger charge is -2.12. The number of halogens is 1. The fourth-order valence-corrected chi connectivity index (χ4v) is 3.04. The molecular formula is C16H17ClN2. The van der Waals surface area contributed by atoms with Crippen LogP contribution < -0.4 is 0 Å².